The molecular formula is C14H16NNaO5. The second-order valence-corrected chi connectivity index (χ2v) is 4.11. The Kier molecular flexibility index (Phi) is 9.73. The Morgan fingerprint density at radius 2 is 2.05 bits per heavy atom. The number of aliphatic carboxylic acids is 2. The van der Waals surface area contributed by atoms with Crippen molar-refractivity contribution in [3.8, 4) is 5.75 Å². The number of hydrogen-bond acceptors (Lipinski definition) is 5. The van der Waals surface area contributed by atoms with Crippen LogP contribution in [0.4, 0.5) is 0 Å². The zero-order chi connectivity index (χ0) is 15.0. The molecule has 3 N–H and O–H groups in total. The molecule has 1 atom stereocenters. The SMILES string of the molecule is C1=Cc2ccccc2OC1.NC(CCC(=O)O)C(=O)[O-].[Na+]. The summed E-state index contributed by atoms with van der Waals surface area (Å²) in [6.07, 6.45) is 3.77. The van der Waals surface area contributed by atoms with Gasteiger partial charge in [-0.3, -0.25) is 4.79 Å². The molecule has 0 aromatic heterocycles. The van der Waals surface area contributed by atoms with Gasteiger partial charge in [0.1, 0.15) is 12.4 Å². The fourth-order valence-electron chi connectivity index (χ4n) is 1.46. The van der Waals surface area contributed by atoms with Crippen LogP contribution in [0.1, 0.15) is 18.4 Å². The fraction of sp³-hybridized carbons (Fsp3) is 0.286. The molecule has 0 saturated carbocycles. The number of para-hydroxylation sites is 1. The number of carbonyl (C=O) groups excluding carboxylic acids is 1. The quantitative estimate of drug-likeness (QED) is 0.574. The molecule has 6 nitrogen and oxygen atoms in total. The van der Waals surface area contributed by atoms with E-state index in [0.29, 0.717) is 6.61 Å². The Labute approximate surface area is 144 Å². The van der Waals surface area contributed by atoms with Crippen molar-refractivity contribution < 1.29 is 54.1 Å². The first-order chi connectivity index (χ1) is 9.50. The molecule has 1 heterocycles. The number of hydrogen-bond donors (Lipinski definition) is 2. The van der Waals surface area contributed by atoms with Crippen molar-refractivity contribution in [3.63, 3.8) is 0 Å². The molecule has 0 fully saturated rings. The molecule has 21 heavy (non-hydrogen) atoms. The molecule has 2 rings (SSSR count). The van der Waals surface area contributed by atoms with E-state index in [-0.39, 0.29) is 42.4 Å². The van der Waals surface area contributed by atoms with E-state index in [4.69, 9.17) is 15.6 Å². The van der Waals surface area contributed by atoms with Crippen molar-refractivity contribution in [2.75, 3.05) is 6.61 Å². The third kappa shape index (κ3) is 7.87. The van der Waals surface area contributed by atoms with Gasteiger partial charge >= 0.3 is 35.5 Å². The maximum absolute atomic E-state index is 9.88. The van der Waals surface area contributed by atoms with Crippen LogP contribution in [-0.4, -0.2) is 29.7 Å². The summed E-state index contributed by atoms with van der Waals surface area (Å²) < 4.78 is 5.34. The molecule has 0 radical (unpaired) electrons. The van der Waals surface area contributed by atoms with Gasteiger partial charge in [0.25, 0.3) is 0 Å². The van der Waals surface area contributed by atoms with Gasteiger partial charge in [0, 0.05) is 18.0 Å². The number of fused-ring (bicyclic) bond motifs is 1. The summed E-state index contributed by atoms with van der Waals surface area (Å²) in [6.45, 7) is 0.705. The smallest absolute Gasteiger partial charge is 0.548 e. The van der Waals surface area contributed by atoms with Crippen molar-refractivity contribution in [3.05, 3.63) is 35.9 Å². The maximum atomic E-state index is 9.88. The summed E-state index contributed by atoms with van der Waals surface area (Å²) in [5, 5.41) is 18.0. The van der Waals surface area contributed by atoms with Gasteiger partial charge in [-0.05, 0) is 18.6 Å². The van der Waals surface area contributed by atoms with Crippen molar-refractivity contribution in [1.82, 2.24) is 0 Å². The third-order valence-electron chi connectivity index (χ3n) is 2.52. The van der Waals surface area contributed by atoms with Gasteiger partial charge in [0.2, 0.25) is 0 Å². The zero-order valence-corrected chi connectivity index (χ0v) is 13.8. The standard InChI is InChI=1S/C9H8O.C5H9NO4.Na/c1-2-6-9-8(4-1)5-3-7-10-9;6-3(5(9)10)1-2-4(7)8;/h1-6H,7H2;3H,1-2,6H2,(H,7,8)(H,9,10);/q;;+1/p-1. The van der Waals surface area contributed by atoms with Gasteiger partial charge in [-0.15, -0.1) is 0 Å². The number of carboxylic acids is 2. The average molecular weight is 301 g/mol. The van der Waals surface area contributed by atoms with E-state index < -0.39 is 18.0 Å². The molecule has 0 aliphatic carbocycles. The summed E-state index contributed by atoms with van der Waals surface area (Å²) in [7, 11) is 0. The van der Waals surface area contributed by atoms with E-state index in [1.807, 2.05) is 30.3 Å². The van der Waals surface area contributed by atoms with Crippen LogP contribution in [0.3, 0.4) is 0 Å². The molecule has 1 unspecified atom stereocenters. The van der Waals surface area contributed by atoms with Crippen LogP contribution in [0.25, 0.3) is 6.08 Å². The predicted molar refractivity (Wildman–Crippen MR) is 70.8 cm³/mol. The molecule has 1 aromatic carbocycles. The summed E-state index contributed by atoms with van der Waals surface area (Å²) in [4.78, 5) is 19.7. The van der Waals surface area contributed by atoms with E-state index in [1.165, 1.54) is 5.56 Å². The summed E-state index contributed by atoms with van der Waals surface area (Å²) in [5.74, 6) is -1.48. The van der Waals surface area contributed by atoms with Crippen molar-refractivity contribution in [1.29, 1.82) is 0 Å². The molecule has 1 aliphatic heterocycles. The van der Waals surface area contributed by atoms with Crippen LogP contribution < -0.4 is 45.1 Å². The average Bonchev–Trinajstić information content (AvgIpc) is 2.45. The van der Waals surface area contributed by atoms with Crippen LogP contribution in [0.15, 0.2) is 30.3 Å². The van der Waals surface area contributed by atoms with Crippen LogP contribution in [0.5, 0.6) is 5.75 Å². The molecule has 0 spiro atoms. The van der Waals surface area contributed by atoms with Crippen LogP contribution in [0, 0.1) is 0 Å². The second kappa shape index (κ2) is 10.4. The number of carbonyl (C=O) groups is 2. The first-order valence-corrected chi connectivity index (χ1v) is 6.07. The zero-order valence-electron chi connectivity index (χ0n) is 11.8. The minimum absolute atomic E-state index is 0. The monoisotopic (exact) mass is 301 g/mol. The Balaban J connectivity index is 0.000000364. The third-order valence-corrected chi connectivity index (χ3v) is 2.52. The van der Waals surface area contributed by atoms with E-state index in [1.54, 1.807) is 0 Å². The minimum Gasteiger partial charge on any atom is -0.548 e. The number of nitrogens with two attached hydrogens (primary N) is 1. The van der Waals surface area contributed by atoms with Crippen molar-refractivity contribution in [2.24, 2.45) is 5.73 Å². The molecule has 0 bridgehead atoms. The first-order valence-electron chi connectivity index (χ1n) is 6.07. The van der Waals surface area contributed by atoms with E-state index in [0.717, 1.165) is 5.75 Å². The number of benzene rings is 1. The van der Waals surface area contributed by atoms with E-state index in [9.17, 15) is 14.7 Å². The molecule has 108 valence electrons. The normalized spacial score (nSPS) is 12.6. The van der Waals surface area contributed by atoms with Gasteiger partial charge < -0.3 is 25.5 Å². The van der Waals surface area contributed by atoms with E-state index in [2.05, 4.69) is 6.08 Å². The van der Waals surface area contributed by atoms with E-state index >= 15 is 0 Å². The minimum atomic E-state index is -1.42. The molecule has 7 heteroatoms. The Morgan fingerprint density at radius 3 is 2.62 bits per heavy atom. The molecule has 0 amide bonds. The summed E-state index contributed by atoms with van der Waals surface area (Å²) in [5.41, 5.74) is 6.11. The van der Waals surface area contributed by atoms with Gasteiger partial charge in [-0.1, -0.05) is 24.3 Å². The number of ether oxygens (including phenoxy) is 1. The summed E-state index contributed by atoms with van der Waals surface area (Å²) in [6, 6.07) is 6.86. The Bertz CT molecular complexity index is 504. The topological polar surface area (TPSA) is 113 Å². The van der Waals surface area contributed by atoms with Crippen LogP contribution in [-0.2, 0) is 9.59 Å². The number of rotatable bonds is 4. The second-order valence-electron chi connectivity index (χ2n) is 4.11. The molecular weight excluding hydrogens is 285 g/mol. The van der Waals surface area contributed by atoms with Crippen LogP contribution in [0.2, 0.25) is 0 Å². The van der Waals surface area contributed by atoms with Crippen molar-refractivity contribution in [2.45, 2.75) is 18.9 Å². The largest absolute Gasteiger partial charge is 1.00 e. The fourth-order valence-corrected chi connectivity index (χ4v) is 1.46. The maximum Gasteiger partial charge on any atom is 1.00 e. The Morgan fingerprint density at radius 1 is 1.38 bits per heavy atom. The Hall–Kier alpha value is -1.34. The molecule has 1 aromatic rings. The summed E-state index contributed by atoms with van der Waals surface area (Å²) >= 11 is 0. The van der Waals surface area contributed by atoms with Gasteiger partial charge in [0.05, 0.1) is 5.97 Å². The van der Waals surface area contributed by atoms with Crippen LogP contribution >= 0.6 is 0 Å². The van der Waals surface area contributed by atoms with Gasteiger partial charge in [-0.2, -0.15) is 0 Å². The number of carboxylic acid groups (broad SMARTS) is 2. The first kappa shape index (κ1) is 19.7. The van der Waals surface area contributed by atoms with Gasteiger partial charge in [-0.25, -0.2) is 0 Å². The molecule has 1 aliphatic rings. The predicted octanol–water partition coefficient (Wildman–Crippen LogP) is -2.98. The van der Waals surface area contributed by atoms with Crippen molar-refractivity contribution >= 4 is 18.0 Å². The molecule has 0 saturated heterocycles. The van der Waals surface area contributed by atoms with Gasteiger partial charge in [0.15, 0.2) is 0 Å².